The topological polar surface area (TPSA) is 39.7 Å². The molecular weight excluding hydrogens is 320 g/mol. The van der Waals surface area contributed by atoms with Gasteiger partial charge in [0.25, 0.3) is 0 Å². The van der Waals surface area contributed by atoms with E-state index in [-0.39, 0.29) is 0 Å². The molecule has 0 aliphatic carbocycles. The lowest BCUT2D eigenvalue weighted by Crippen LogP contribution is -2.48. The Morgan fingerprint density at radius 2 is 1.92 bits per heavy atom. The number of hydrogen-bond acceptors (Lipinski definition) is 5. The van der Waals surface area contributed by atoms with Gasteiger partial charge in [0.15, 0.2) is 0 Å². The number of piperazine rings is 1. The highest BCUT2D eigenvalue weighted by atomic mass is 32.1. The maximum Gasteiger partial charge on any atom is 0.222 e. The van der Waals surface area contributed by atoms with Crippen LogP contribution in [0.4, 0.5) is 0 Å². The van der Waals surface area contributed by atoms with E-state index in [2.05, 4.69) is 26.6 Å². The molecule has 2 aliphatic heterocycles. The first-order valence-electron chi connectivity index (χ1n) is 9.35. The van der Waals surface area contributed by atoms with Crippen LogP contribution < -0.4 is 0 Å². The van der Waals surface area contributed by atoms with Gasteiger partial charge in [-0.25, -0.2) is 4.98 Å². The number of rotatable bonds is 6. The minimum atomic E-state index is 0.371. The van der Waals surface area contributed by atoms with Crippen LogP contribution >= 0.6 is 11.3 Å². The van der Waals surface area contributed by atoms with Crippen LogP contribution in [-0.4, -0.2) is 71.4 Å². The number of likely N-dealkylation sites (tertiary alicyclic amines) is 1. The Labute approximate surface area is 149 Å². The summed E-state index contributed by atoms with van der Waals surface area (Å²) in [6.45, 7) is 10.5. The highest BCUT2D eigenvalue weighted by Crippen LogP contribution is 2.24. The fraction of sp³-hybridized carbons (Fsp3) is 0.778. The number of carbonyl (C=O) groups is 1. The summed E-state index contributed by atoms with van der Waals surface area (Å²) in [5.41, 5.74) is 0. The molecule has 3 heterocycles. The Morgan fingerprint density at radius 1 is 1.17 bits per heavy atom. The molecule has 2 aliphatic rings. The van der Waals surface area contributed by atoms with E-state index >= 15 is 0 Å². The first-order valence-corrected chi connectivity index (χ1v) is 10.2. The maximum absolute atomic E-state index is 12.4. The zero-order chi connectivity index (χ0) is 16.8. The Bertz CT molecular complexity index is 491. The summed E-state index contributed by atoms with van der Waals surface area (Å²) >= 11 is 1.74. The molecule has 0 spiro atoms. The van der Waals surface area contributed by atoms with Crippen LogP contribution in [0.25, 0.3) is 0 Å². The van der Waals surface area contributed by atoms with Gasteiger partial charge in [-0.15, -0.1) is 11.3 Å². The second-order valence-corrected chi connectivity index (χ2v) is 7.98. The molecule has 0 bridgehead atoms. The Morgan fingerprint density at radius 3 is 2.54 bits per heavy atom. The zero-order valence-corrected chi connectivity index (χ0v) is 15.6. The summed E-state index contributed by atoms with van der Waals surface area (Å²) in [6, 6.07) is 0. The SMILES string of the molecule is CCN1CCN(C(=O)CCC2CCN(Cc3nccs3)CC2)CC1. The van der Waals surface area contributed by atoms with Crippen molar-refractivity contribution in [3.63, 3.8) is 0 Å². The molecule has 2 saturated heterocycles. The summed E-state index contributed by atoms with van der Waals surface area (Å²) in [6.07, 6.45) is 6.14. The quantitative estimate of drug-likeness (QED) is 0.789. The number of likely N-dealkylation sites (N-methyl/N-ethyl adjacent to an activating group) is 1. The smallest absolute Gasteiger partial charge is 0.222 e. The lowest BCUT2D eigenvalue weighted by molar-refractivity contribution is -0.133. The molecule has 2 fully saturated rings. The molecule has 6 heteroatoms. The van der Waals surface area contributed by atoms with Gasteiger partial charge in [0.05, 0.1) is 6.54 Å². The molecular formula is C18H30N4OS. The number of thiazole rings is 1. The third kappa shape index (κ3) is 5.01. The zero-order valence-electron chi connectivity index (χ0n) is 14.8. The number of amides is 1. The molecule has 1 amide bonds. The third-order valence-electron chi connectivity index (χ3n) is 5.49. The number of carbonyl (C=O) groups excluding carboxylic acids is 1. The molecule has 0 saturated carbocycles. The maximum atomic E-state index is 12.4. The van der Waals surface area contributed by atoms with Crippen LogP contribution in [0.3, 0.4) is 0 Å². The van der Waals surface area contributed by atoms with E-state index in [0.29, 0.717) is 5.91 Å². The van der Waals surface area contributed by atoms with Gasteiger partial charge in [-0.3, -0.25) is 9.69 Å². The summed E-state index contributed by atoms with van der Waals surface area (Å²) in [7, 11) is 0. The van der Waals surface area contributed by atoms with E-state index in [0.717, 1.165) is 71.1 Å². The molecule has 5 nitrogen and oxygen atoms in total. The van der Waals surface area contributed by atoms with Crippen molar-refractivity contribution in [3.05, 3.63) is 16.6 Å². The number of piperidine rings is 1. The average molecular weight is 351 g/mol. The predicted octanol–water partition coefficient (Wildman–Crippen LogP) is 2.30. The van der Waals surface area contributed by atoms with Crippen molar-refractivity contribution in [2.45, 2.75) is 39.2 Å². The molecule has 0 N–H and O–H groups in total. The van der Waals surface area contributed by atoms with Gasteiger partial charge in [-0.1, -0.05) is 6.92 Å². The van der Waals surface area contributed by atoms with E-state index in [1.165, 1.54) is 17.8 Å². The standard InChI is InChI=1S/C18H30N4OS/c1-2-20-10-12-22(13-11-20)18(23)4-3-16-5-8-21(9-6-16)15-17-19-7-14-24-17/h7,14,16H,2-6,8-13,15H2,1H3. The molecule has 3 rings (SSSR count). The summed E-state index contributed by atoms with van der Waals surface area (Å²) in [4.78, 5) is 23.8. The number of nitrogens with zero attached hydrogens (tertiary/aromatic N) is 4. The minimum absolute atomic E-state index is 0.371. The second kappa shape index (κ2) is 8.92. The lowest BCUT2D eigenvalue weighted by Gasteiger charge is -2.35. The lowest BCUT2D eigenvalue weighted by atomic mass is 9.92. The van der Waals surface area contributed by atoms with Crippen LogP contribution in [0.15, 0.2) is 11.6 Å². The van der Waals surface area contributed by atoms with Crippen LogP contribution in [0.1, 0.15) is 37.6 Å². The van der Waals surface area contributed by atoms with Crippen molar-refractivity contribution in [1.29, 1.82) is 0 Å². The van der Waals surface area contributed by atoms with Gasteiger partial charge in [0.1, 0.15) is 5.01 Å². The van der Waals surface area contributed by atoms with Crippen LogP contribution in [0.2, 0.25) is 0 Å². The summed E-state index contributed by atoms with van der Waals surface area (Å²) in [5.74, 6) is 1.09. The van der Waals surface area contributed by atoms with Gasteiger partial charge >= 0.3 is 0 Å². The van der Waals surface area contributed by atoms with E-state index < -0.39 is 0 Å². The Balaban J connectivity index is 1.32. The first kappa shape index (κ1) is 17.8. The van der Waals surface area contributed by atoms with E-state index in [1.807, 2.05) is 11.6 Å². The van der Waals surface area contributed by atoms with Crippen molar-refractivity contribution in [3.8, 4) is 0 Å². The first-order chi connectivity index (χ1) is 11.7. The fourth-order valence-corrected chi connectivity index (χ4v) is 4.41. The molecule has 24 heavy (non-hydrogen) atoms. The molecule has 0 aromatic carbocycles. The van der Waals surface area contributed by atoms with E-state index in [9.17, 15) is 4.79 Å². The van der Waals surface area contributed by atoms with Gasteiger partial charge in [-0.05, 0) is 44.8 Å². The van der Waals surface area contributed by atoms with Crippen molar-refractivity contribution in [2.24, 2.45) is 5.92 Å². The van der Waals surface area contributed by atoms with Gasteiger partial charge in [0.2, 0.25) is 5.91 Å². The molecule has 134 valence electrons. The van der Waals surface area contributed by atoms with Crippen molar-refractivity contribution >= 4 is 17.2 Å². The van der Waals surface area contributed by atoms with Crippen LogP contribution in [0.5, 0.6) is 0 Å². The second-order valence-electron chi connectivity index (χ2n) is 7.00. The number of aromatic nitrogens is 1. The summed E-state index contributed by atoms with van der Waals surface area (Å²) in [5, 5.41) is 3.27. The third-order valence-corrected chi connectivity index (χ3v) is 6.25. The van der Waals surface area contributed by atoms with Crippen LogP contribution in [0, 0.1) is 5.92 Å². The highest BCUT2D eigenvalue weighted by Gasteiger charge is 2.23. The normalized spacial score (nSPS) is 21.3. The number of hydrogen-bond donors (Lipinski definition) is 0. The monoisotopic (exact) mass is 350 g/mol. The molecule has 1 aromatic rings. The average Bonchev–Trinajstić information content (AvgIpc) is 3.14. The highest BCUT2D eigenvalue weighted by molar-refractivity contribution is 7.09. The Hall–Kier alpha value is -0.980. The van der Waals surface area contributed by atoms with E-state index in [1.54, 1.807) is 11.3 Å². The summed E-state index contributed by atoms with van der Waals surface area (Å²) < 4.78 is 0. The fourth-order valence-electron chi connectivity index (χ4n) is 3.75. The Kier molecular flexibility index (Phi) is 6.63. The molecule has 1 aromatic heterocycles. The van der Waals surface area contributed by atoms with Crippen LogP contribution in [-0.2, 0) is 11.3 Å². The van der Waals surface area contributed by atoms with Gasteiger partial charge in [0, 0.05) is 44.2 Å². The van der Waals surface area contributed by atoms with Crippen molar-refractivity contribution in [2.75, 3.05) is 45.8 Å². The predicted molar refractivity (Wildman–Crippen MR) is 98.0 cm³/mol. The largest absolute Gasteiger partial charge is 0.340 e. The van der Waals surface area contributed by atoms with E-state index in [4.69, 9.17) is 0 Å². The molecule has 0 atom stereocenters. The van der Waals surface area contributed by atoms with Gasteiger partial charge in [-0.2, -0.15) is 0 Å². The molecule has 0 radical (unpaired) electrons. The van der Waals surface area contributed by atoms with Crippen molar-refractivity contribution in [1.82, 2.24) is 19.7 Å². The molecule has 0 unspecified atom stereocenters. The van der Waals surface area contributed by atoms with Crippen molar-refractivity contribution < 1.29 is 4.79 Å². The minimum Gasteiger partial charge on any atom is -0.340 e. The van der Waals surface area contributed by atoms with Gasteiger partial charge < -0.3 is 9.80 Å².